The van der Waals surface area contributed by atoms with Gasteiger partial charge in [-0.3, -0.25) is 23.7 Å². The van der Waals surface area contributed by atoms with Crippen LogP contribution in [0.2, 0.25) is 0 Å². The van der Waals surface area contributed by atoms with Crippen molar-refractivity contribution in [1.82, 2.24) is 36.5 Å². The van der Waals surface area contributed by atoms with Gasteiger partial charge < -0.3 is 19.7 Å². The van der Waals surface area contributed by atoms with E-state index in [1.165, 1.54) is 55.6 Å². The van der Waals surface area contributed by atoms with Crippen molar-refractivity contribution < 1.29 is 19.7 Å². The van der Waals surface area contributed by atoms with Gasteiger partial charge in [0.2, 0.25) is 0 Å². The van der Waals surface area contributed by atoms with Crippen molar-refractivity contribution in [3.8, 4) is 17.2 Å². The molecule has 0 saturated heterocycles. The molecule has 2 atom stereocenters. The molecule has 0 spiro atoms. The molecule has 7 rings (SSSR count). The third kappa shape index (κ3) is 9.35. The summed E-state index contributed by atoms with van der Waals surface area (Å²) in [7, 11) is 1.28. The van der Waals surface area contributed by atoms with Gasteiger partial charge in [-0.1, -0.05) is 56.4 Å². The van der Waals surface area contributed by atoms with Crippen LogP contribution in [0.25, 0.3) is 27.2 Å². The summed E-state index contributed by atoms with van der Waals surface area (Å²) in [6.45, 7) is 16.8. The highest BCUT2D eigenvalue weighted by atomic mass is 16.5. The molecule has 0 saturated carbocycles. The molecule has 4 heterocycles. The van der Waals surface area contributed by atoms with E-state index in [1.54, 1.807) is 25.1 Å². The summed E-state index contributed by atoms with van der Waals surface area (Å²) in [6, 6.07) is 12.3. The normalized spacial score (nSPS) is 12.5. The van der Waals surface area contributed by atoms with E-state index in [-0.39, 0.29) is 65.8 Å². The Morgan fingerprint density at radius 2 is 0.849 bits per heavy atom. The first kappa shape index (κ1) is 52.1. The maximum absolute atomic E-state index is 14.3. The third-order valence-electron chi connectivity index (χ3n) is 12.6. The van der Waals surface area contributed by atoms with Crippen LogP contribution in [-0.2, 0) is 51.7 Å². The van der Waals surface area contributed by atoms with Crippen molar-refractivity contribution in [3.05, 3.63) is 220 Å². The van der Waals surface area contributed by atoms with Crippen molar-refractivity contribution in [1.29, 1.82) is 0 Å². The maximum Gasteiger partial charge on any atom is 0.336 e. The van der Waals surface area contributed by atoms with E-state index >= 15 is 0 Å². The summed E-state index contributed by atoms with van der Waals surface area (Å²) < 4.78 is 18.3. The van der Waals surface area contributed by atoms with Gasteiger partial charge in [-0.25, -0.2) is 60.7 Å². The Labute approximate surface area is 412 Å². The maximum atomic E-state index is 14.3. The highest BCUT2D eigenvalue weighted by molar-refractivity contribution is 5.98. The van der Waals surface area contributed by atoms with Crippen LogP contribution in [0, 0.1) is 6.92 Å². The van der Waals surface area contributed by atoms with Crippen LogP contribution in [0.4, 0.5) is 0 Å². The molecule has 0 aliphatic rings. The summed E-state index contributed by atoms with van der Waals surface area (Å²) >= 11 is 0. The first-order valence-corrected chi connectivity index (χ1v) is 22.7. The van der Waals surface area contributed by atoms with E-state index in [0.29, 0.717) is 27.0 Å². The topological polar surface area (TPSA) is 269 Å². The second-order valence-electron chi connectivity index (χ2n) is 17.8. The van der Waals surface area contributed by atoms with Crippen molar-refractivity contribution in [2.45, 2.75) is 77.7 Å². The monoisotopic (exact) mass is 1000 g/mol. The minimum atomic E-state index is -1.58. The molecular weight excluding hydrogens is 949 g/mol. The van der Waals surface area contributed by atoms with Gasteiger partial charge in [0.15, 0.2) is 0 Å². The Morgan fingerprint density at radius 3 is 1.23 bits per heavy atom. The van der Waals surface area contributed by atoms with Gasteiger partial charge in [0.05, 0.1) is 66.5 Å². The van der Waals surface area contributed by atoms with Gasteiger partial charge in [-0.2, -0.15) is 0 Å². The molecule has 0 bridgehead atoms. The second kappa shape index (κ2) is 20.5. The van der Waals surface area contributed by atoms with Crippen molar-refractivity contribution in [2.24, 2.45) is 7.05 Å². The van der Waals surface area contributed by atoms with E-state index in [1.807, 2.05) is 19.9 Å². The third-order valence-corrected chi connectivity index (χ3v) is 12.6. The lowest BCUT2D eigenvalue weighted by molar-refractivity contribution is 0.0885. The fourth-order valence-corrected chi connectivity index (χ4v) is 8.60. The molecule has 0 amide bonds. The van der Waals surface area contributed by atoms with Crippen LogP contribution in [0.3, 0.4) is 0 Å². The average Bonchev–Trinajstić information content (AvgIpc) is 3.73. The fraction of sp³-hybridized carbons (Fsp3) is 0.294. The van der Waals surface area contributed by atoms with Crippen LogP contribution in [0.1, 0.15) is 30.5 Å². The van der Waals surface area contributed by atoms with Gasteiger partial charge in [0.1, 0.15) is 36.9 Å². The van der Waals surface area contributed by atoms with E-state index in [4.69, 9.17) is 9.47 Å². The Hall–Kier alpha value is -8.76. The molecule has 0 aliphatic carbocycles. The first-order chi connectivity index (χ1) is 34.6. The quantitative estimate of drug-likeness (QED) is 0.0874. The molecule has 380 valence electrons. The van der Waals surface area contributed by atoms with Crippen LogP contribution < -0.4 is 65.8 Å². The lowest BCUT2D eigenvalue weighted by atomic mass is 9.77. The van der Waals surface area contributed by atoms with Gasteiger partial charge in [0, 0.05) is 12.5 Å². The molecule has 4 aromatic heterocycles. The zero-order valence-electron chi connectivity index (χ0n) is 40.4. The number of nitrogens with zero attached hydrogens (tertiary/aromatic N) is 8. The molecule has 0 aliphatic heterocycles. The van der Waals surface area contributed by atoms with Crippen molar-refractivity contribution in [2.75, 3.05) is 13.2 Å². The van der Waals surface area contributed by atoms with Crippen molar-refractivity contribution >= 4 is 21.5 Å². The molecule has 2 N–H and O–H groups in total. The Morgan fingerprint density at radius 1 is 0.507 bits per heavy atom. The fourth-order valence-electron chi connectivity index (χ4n) is 8.60. The number of benzene rings is 3. The van der Waals surface area contributed by atoms with Crippen LogP contribution in [0.5, 0.6) is 11.5 Å². The Kier molecular flexibility index (Phi) is 14.6. The van der Waals surface area contributed by atoms with E-state index in [9.17, 15) is 58.2 Å². The van der Waals surface area contributed by atoms with E-state index in [0.717, 1.165) is 32.0 Å². The van der Waals surface area contributed by atoms with Crippen LogP contribution >= 0.6 is 0 Å². The van der Waals surface area contributed by atoms with E-state index < -0.39 is 93.7 Å². The number of aliphatic hydroxyl groups is 2. The lowest BCUT2D eigenvalue weighted by Gasteiger charge is -2.28. The molecule has 2 unspecified atom stereocenters. The molecule has 0 fully saturated rings. The number of rotatable bonds is 21. The van der Waals surface area contributed by atoms with Crippen LogP contribution in [0.15, 0.2) is 147 Å². The number of aliphatic hydroxyl groups excluding tert-OH is 2. The predicted molar refractivity (Wildman–Crippen MR) is 273 cm³/mol. The zero-order chi connectivity index (χ0) is 53.4. The highest BCUT2D eigenvalue weighted by Gasteiger charge is 2.29. The number of hydrogen-bond acceptors (Lipinski definition) is 14. The second-order valence-corrected chi connectivity index (χ2v) is 17.8. The number of allylic oxidation sites excluding steroid dienone is 4. The largest absolute Gasteiger partial charge is 0.491 e. The minimum absolute atomic E-state index is 0.0565. The smallest absolute Gasteiger partial charge is 0.336 e. The predicted octanol–water partition coefficient (Wildman–Crippen LogP) is -0.333. The summed E-state index contributed by atoms with van der Waals surface area (Å²) in [5.74, 6) is 0.248. The summed E-state index contributed by atoms with van der Waals surface area (Å²) in [5, 5.41) is 21.8. The number of fused-ring (bicyclic) bond motifs is 2. The molecule has 22 nitrogen and oxygen atoms in total. The van der Waals surface area contributed by atoms with E-state index in [2.05, 4.69) is 26.3 Å². The van der Waals surface area contributed by atoms with Gasteiger partial charge in [0.25, 0.3) is 22.2 Å². The number of hydrogen-bond donors (Lipinski definition) is 2. The van der Waals surface area contributed by atoms with Crippen molar-refractivity contribution in [3.63, 3.8) is 0 Å². The molecule has 3 aromatic carbocycles. The Balaban J connectivity index is 1.23. The van der Waals surface area contributed by atoms with Gasteiger partial charge in [-0.05, 0) is 53.9 Å². The van der Waals surface area contributed by atoms with Gasteiger partial charge in [-0.15, -0.1) is 26.3 Å². The lowest BCUT2D eigenvalue weighted by Crippen LogP contribution is -2.55. The summed E-state index contributed by atoms with van der Waals surface area (Å²) in [5.41, 5.74) is -7.79. The number of aromatic nitrogens is 8. The molecule has 0 radical (unpaired) electrons. The average molecular weight is 1000 g/mol. The summed E-state index contributed by atoms with van der Waals surface area (Å²) in [4.78, 5) is 133. The highest BCUT2D eigenvalue weighted by Crippen LogP contribution is 2.37. The molecule has 7 aromatic rings. The Bertz CT molecular complexity index is 3840. The summed E-state index contributed by atoms with van der Waals surface area (Å²) in [6.07, 6.45) is 2.28. The minimum Gasteiger partial charge on any atom is -0.491 e. The first-order valence-electron chi connectivity index (χ1n) is 22.7. The molecular formula is C51H52N8O14. The SMILES string of the molecule is C=CCn1c(=O)n(CC=C)c(=O)n(CC(O)COc2ccc(C(C)(C)c3ccc(OCC(O)Cn4c(=O)n(CC=C)c(=O)n(CC=C)c4=O)c(-n4c(=O)c5cc6c(=O)n(C)c(=O)c6cc5c4=O)c3)cc2C)c1=O. The molecule has 73 heavy (non-hydrogen) atoms. The zero-order valence-corrected chi connectivity index (χ0v) is 40.4. The number of ether oxygens (including phenoxy) is 2. The number of aryl methyl sites for hydroxylation is 1. The standard InChI is InChI=1S/C51H52N8O14/c1-9-17-53-45(66)54(18-10-2)48(69)57(47(53)68)25-32(60)27-72-39-15-13-30(21-29(39)5)51(6,7)31-14-16-40(73-28-33(61)26-58-49(70)55(19-11-3)46(67)56(20-12-4)50(58)71)38(22-31)59-43(64)36-23-34-35(24-37(36)44(59)65)42(63)52(8)41(34)62/h9-16,21-24,32-33,60-61H,1-4,17-20,25-28H2,5-8H3. The van der Waals surface area contributed by atoms with Crippen LogP contribution in [-0.4, -0.2) is 72.2 Å². The van der Waals surface area contributed by atoms with Gasteiger partial charge >= 0.3 is 34.1 Å². The molecule has 22 heteroatoms.